The van der Waals surface area contributed by atoms with Crippen LogP contribution in [0.1, 0.15) is 18.0 Å². The van der Waals surface area contributed by atoms with Crippen molar-refractivity contribution in [1.29, 1.82) is 0 Å². The molecule has 0 aromatic carbocycles. The summed E-state index contributed by atoms with van der Waals surface area (Å²) in [6.07, 6.45) is 6.80. The van der Waals surface area contributed by atoms with Gasteiger partial charge in [0, 0.05) is 25.1 Å². The molecule has 5 nitrogen and oxygen atoms in total. The van der Waals surface area contributed by atoms with Gasteiger partial charge in [-0.05, 0) is 31.0 Å². The molecule has 0 radical (unpaired) electrons. The molecular formula is C14H16N4O. The Morgan fingerprint density at radius 2 is 2.26 bits per heavy atom. The van der Waals surface area contributed by atoms with Crippen LogP contribution in [0.15, 0.2) is 30.7 Å². The fourth-order valence-corrected chi connectivity index (χ4v) is 3.09. The van der Waals surface area contributed by atoms with Gasteiger partial charge < -0.3 is 9.64 Å². The fourth-order valence-electron chi connectivity index (χ4n) is 3.09. The molecule has 0 N–H and O–H groups in total. The number of aromatic nitrogens is 3. The Bertz CT molecular complexity index is 595. The third kappa shape index (κ3) is 1.61. The van der Waals surface area contributed by atoms with Gasteiger partial charge in [-0.25, -0.2) is 4.98 Å². The van der Waals surface area contributed by atoms with Crippen molar-refractivity contribution >= 4 is 5.82 Å². The summed E-state index contributed by atoms with van der Waals surface area (Å²) >= 11 is 0. The molecule has 4 heterocycles. The molecule has 1 fully saturated rings. The Morgan fingerprint density at radius 3 is 3.11 bits per heavy atom. The van der Waals surface area contributed by atoms with Crippen LogP contribution in [0.2, 0.25) is 0 Å². The molecule has 4 rings (SSSR count). The molecule has 0 bridgehead atoms. The number of fused-ring (bicyclic) bond motifs is 3. The summed E-state index contributed by atoms with van der Waals surface area (Å²) in [4.78, 5) is 6.88. The normalized spacial score (nSPS) is 24.8. The molecule has 2 unspecified atom stereocenters. The van der Waals surface area contributed by atoms with Crippen molar-refractivity contribution in [2.24, 2.45) is 0 Å². The second-order valence-corrected chi connectivity index (χ2v) is 5.27. The molecule has 5 heteroatoms. The van der Waals surface area contributed by atoms with Gasteiger partial charge in [0.05, 0.1) is 12.1 Å². The SMILES string of the molecule is Cc1ccnc2c1OCC1CC(n3cccn3)CN21. The first-order chi connectivity index (χ1) is 9.33. The van der Waals surface area contributed by atoms with E-state index in [9.17, 15) is 0 Å². The molecule has 98 valence electrons. The summed E-state index contributed by atoms with van der Waals surface area (Å²) in [5.41, 5.74) is 1.16. The summed E-state index contributed by atoms with van der Waals surface area (Å²) in [5.74, 6) is 1.94. The Kier molecular flexibility index (Phi) is 2.27. The van der Waals surface area contributed by atoms with Crippen molar-refractivity contribution < 1.29 is 4.74 Å². The lowest BCUT2D eigenvalue weighted by atomic mass is 10.1. The third-order valence-corrected chi connectivity index (χ3v) is 4.07. The molecule has 2 aromatic rings. The third-order valence-electron chi connectivity index (χ3n) is 4.07. The quantitative estimate of drug-likeness (QED) is 0.780. The molecular weight excluding hydrogens is 240 g/mol. The highest BCUT2D eigenvalue weighted by molar-refractivity contribution is 5.59. The van der Waals surface area contributed by atoms with Gasteiger partial charge in [0.1, 0.15) is 6.61 Å². The van der Waals surface area contributed by atoms with E-state index in [-0.39, 0.29) is 0 Å². The van der Waals surface area contributed by atoms with Gasteiger partial charge in [-0.1, -0.05) is 0 Å². The highest BCUT2D eigenvalue weighted by Gasteiger charge is 2.39. The minimum absolute atomic E-state index is 0.413. The van der Waals surface area contributed by atoms with Crippen molar-refractivity contribution in [3.63, 3.8) is 0 Å². The highest BCUT2D eigenvalue weighted by Crippen LogP contribution is 2.40. The van der Waals surface area contributed by atoms with Crippen LogP contribution in [0.3, 0.4) is 0 Å². The number of nitrogens with zero attached hydrogens (tertiary/aromatic N) is 4. The molecule has 0 amide bonds. The summed E-state index contributed by atoms with van der Waals surface area (Å²) in [7, 11) is 0. The first-order valence-electron chi connectivity index (χ1n) is 6.67. The van der Waals surface area contributed by atoms with E-state index in [0.29, 0.717) is 12.1 Å². The molecule has 19 heavy (non-hydrogen) atoms. The fraction of sp³-hybridized carbons (Fsp3) is 0.429. The number of pyridine rings is 1. The van der Waals surface area contributed by atoms with E-state index in [1.807, 2.05) is 35.4 Å². The lowest BCUT2D eigenvalue weighted by Crippen LogP contribution is -2.39. The first kappa shape index (κ1) is 10.8. The van der Waals surface area contributed by atoms with Gasteiger partial charge in [0.2, 0.25) is 0 Å². The van der Waals surface area contributed by atoms with Crippen LogP contribution in [0.4, 0.5) is 5.82 Å². The van der Waals surface area contributed by atoms with Crippen LogP contribution < -0.4 is 9.64 Å². The van der Waals surface area contributed by atoms with E-state index in [2.05, 4.69) is 21.9 Å². The van der Waals surface area contributed by atoms with E-state index in [1.54, 1.807) is 0 Å². The molecule has 0 spiro atoms. The van der Waals surface area contributed by atoms with Gasteiger partial charge in [0.25, 0.3) is 0 Å². The van der Waals surface area contributed by atoms with E-state index < -0.39 is 0 Å². The standard InChI is InChI=1S/C14H16N4O/c1-10-3-5-15-14-13(10)19-9-12-7-11(8-17(12)14)18-6-2-4-16-18/h2-6,11-12H,7-9H2,1H3. The lowest BCUT2D eigenvalue weighted by molar-refractivity contribution is 0.265. The largest absolute Gasteiger partial charge is 0.487 e. The Morgan fingerprint density at radius 1 is 1.32 bits per heavy atom. The number of ether oxygens (including phenoxy) is 1. The van der Waals surface area contributed by atoms with Crippen molar-refractivity contribution in [3.05, 3.63) is 36.3 Å². The monoisotopic (exact) mass is 256 g/mol. The van der Waals surface area contributed by atoms with Crippen molar-refractivity contribution in [3.8, 4) is 5.75 Å². The minimum Gasteiger partial charge on any atom is -0.487 e. The van der Waals surface area contributed by atoms with Crippen LogP contribution in [-0.4, -0.2) is 34.0 Å². The first-order valence-corrected chi connectivity index (χ1v) is 6.67. The summed E-state index contributed by atoms with van der Waals surface area (Å²) in [6.45, 7) is 3.78. The molecule has 1 saturated heterocycles. The van der Waals surface area contributed by atoms with Crippen LogP contribution in [0, 0.1) is 6.92 Å². The highest BCUT2D eigenvalue weighted by atomic mass is 16.5. The summed E-state index contributed by atoms with van der Waals surface area (Å²) in [5, 5.41) is 4.36. The van der Waals surface area contributed by atoms with E-state index in [1.165, 1.54) is 0 Å². The van der Waals surface area contributed by atoms with E-state index in [4.69, 9.17) is 4.74 Å². The van der Waals surface area contributed by atoms with Crippen LogP contribution in [0.5, 0.6) is 5.75 Å². The van der Waals surface area contributed by atoms with Gasteiger partial charge >= 0.3 is 0 Å². The zero-order valence-corrected chi connectivity index (χ0v) is 10.9. The van der Waals surface area contributed by atoms with Crippen LogP contribution in [-0.2, 0) is 0 Å². The topological polar surface area (TPSA) is 43.2 Å². The van der Waals surface area contributed by atoms with E-state index in [0.717, 1.165) is 36.7 Å². The average molecular weight is 256 g/mol. The van der Waals surface area contributed by atoms with Gasteiger partial charge in [0.15, 0.2) is 11.6 Å². The maximum absolute atomic E-state index is 5.90. The average Bonchev–Trinajstić information content (AvgIpc) is 3.08. The second kappa shape index (κ2) is 3.98. The van der Waals surface area contributed by atoms with Gasteiger partial charge in [-0.2, -0.15) is 5.10 Å². The molecule has 2 aliphatic rings. The molecule has 2 atom stereocenters. The lowest BCUT2D eigenvalue weighted by Gasteiger charge is -2.32. The van der Waals surface area contributed by atoms with Gasteiger partial charge in [-0.15, -0.1) is 0 Å². The molecule has 2 aliphatic heterocycles. The number of hydrogen-bond acceptors (Lipinski definition) is 4. The number of anilines is 1. The maximum Gasteiger partial charge on any atom is 0.172 e. The Balaban J connectivity index is 1.69. The van der Waals surface area contributed by atoms with E-state index >= 15 is 0 Å². The summed E-state index contributed by atoms with van der Waals surface area (Å²) in [6, 6.07) is 4.80. The Hall–Kier alpha value is -2.04. The summed E-state index contributed by atoms with van der Waals surface area (Å²) < 4.78 is 7.95. The Labute approximate surface area is 111 Å². The minimum atomic E-state index is 0.413. The number of rotatable bonds is 1. The zero-order valence-electron chi connectivity index (χ0n) is 10.9. The second-order valence-electron chi connectivity index (χ2n) is 5.27. The number of hydrogen-bond donors (Lipinski definition) is 0. The smallest absolute Gasteiger partial charge is 0.172 e. The zero-order chi connectivity index (χ0) is 12.8. The number of aryl methyl sites for hydroxylation is 1. The van der Waals surface area contributed by atoms with Crippen molar-refractivity contribution in [2.75, 3.05) is 18.1 Å². The molecule has 0 saturated carbocycles. The molecule has 0 aliphatic carbocycles. The van der Waals surface area contributed by atoms with Crippen LogP contribution in [0.25, 0.3) is 0 Å². The maximum atomic E-state index is 5.90. The van der Waals surface area contributed by atoms with Crippen molar-refractivity contribution in [2.45, 2.75) is 25.4 Å². The predicted molar refractivity (Wildman–Crippen MR) is 71.5 cm³/mol. The molecule has 2 aromatic heterocycles. The predicted octanol–water partition coefficient (Wildman–Crippen LogP) is 1.80. The van der Waals surface area contributed by atoms with Gasteiger partial charge in [-0.3, -0.25) is 4.68 Å². The van der Waals surface area contributed by atoms with Crippen LogP contribution >= 0.6 is 0 Å². The van der Waals surface area contributed by atoms with Crippen molar-refractivity contribution in [1.82, 2.24) is 14.8 Å².